The van der Waals surface area contributed by atoms with Crippen molar-refractivity contribution in [2.24, 2.45) is 5.92 Å². The first kappa shape index (κ1) is 10.5. The van der Waals surface area contributed by atoms with Gasteiger partial charge < -0.3 is 10.4 Å². The van der Waals surface area contributed by atoms with Crippen LogP contribution in [0.4, 0.5) is 0 Å². The molecule has 0 bridgehead atoms. The Bertz CT molecular complexity index is 126. The van der Waals surface area contributed by atoms with Gasteiger partial charge in [0.25, 0.3) is 0 Å². The zero-order chi connectivity index (χ0) is 8.69. The quantitative estimate of drug-likeness (QED) is 0.570. The third-order valence-corrected chi connectivity index (χ3v) is 1.47. The fourth-order valence-electron chi connectivity index (χ4n) is 0.995. The number of hydrogen-bond acceptors (Lipinski definition) is 2. The maximum atomic E-state index is 8.87. The normalized spacial score (nSPS) is 13.0. The minimum absolute atomic E-state index is 0.158. The van der Waals surface area contributed by atoms with E-state index in [9.17, 15) is 0 Å². The molecule has 0 spiro atoms. The molecule has 1 unspecified atom stereocenters. The summed E-state index contributed by atoms with van der Waals surface area (Å²) in [5, 5.41) is 11.9. The molecule has 0 radical (unpaired) electrons. The molecule has 0 aliphatic rings. The van der Waals surface area contributed by atoms with E-state index in [-0.39, 0.29) is 12.6 Å². The Balaban J connectivity index is 3.51. The number of terminal acetylenes is 1. The van der Waals surface area contributed by atoms with E-state index < -0.39 is 0 Å². The van der Waals surface area contributed by atoms with Crippen molar-refractivity contribution in [3.8, 4) is 12.3 Å². The van der Waals surface area contributed by atoms with Gasteiger partial charge in [-0.15, -0.1) is 6.42 Å². The zero-order valence-electron chi connectivity index (χ0n) is 7.30. The van der Waals surface area contributed by atoms with Crippen LogP contribution in [0.2, 0.25) is 0 Å². The molecule has 0 aromatic heterocycles. The Morgan fingerprint density at radius 2 is 2.18 bits per heavy atom. The first-order valence-corrected chi connectivity index (χ1v) is 3.98. The van der Waals surface area contributed by atoms with Crippen LogP contribution in [0.5, 0.6) is 0 Å². The molecule has 2 nitrogen and oxygen atoms in total. The molecule has 0 aliphatic heterocycles. The molecule has 0 fully saturated rings. The SMILES string of the molecule is C#CCNC(CO)CC(C)C. The molecule has 0 amide bonds. The van der Waals surface area contributed by atoms with E-state index in [2.05, 4.69) is 25.1 Å². The average molecular weight is 155 g/mol. The predicted molar refractivity (Wildman–Crippen MR) is 47.2 cm³/mol. The first-order chi connectivity index (χ1) is 5.20. The number of hydrogen-bond donors (Lipinski definition) is 2. The fourth-order valence-corrected chi connectivity index (χ4v) is 0.995. The minimum Gasteiger partial charge on any atom is -0.395 e. The summed E-state index contributed by atoms with van der Waals surface area (Å²) in [6.45, 7) is 4.96. The van der Waals surface area contributed by atoms with Crippen LogP contribution in [-0.2, 0) is 0 Å². The number of nitrogens with one attached hydrogen (secondary N) is 1. The van der Waals surface area contributed by atoms with Gasteiger partial charge in [0.15, 0.2) is 0 Å². The highest BCUT2D eigenvalue weighted by atomic mass is 16.3. The molecule has 0 rings (SSSR count). The van der Waals surface area contributed by atoms with Crippen molar-refractivity contribution >= 4 is 0 Å². The van der Waals surface area contributed by atoms with Crippen LogP contribution >= 0.6 is 0 Å². The predicted octanol–water partition coefficient (Wildman–Crippen LogP) is 0.616. The molecule has 0 aromatic carbocycles. The summed E-state index contributed by atoms with van der Waals surface area (Å²) in [5.41, 5.74) is 0. The van der Waals surface area contributed by atoms with Crippen molar-refractivity contribution in [2.45, 2.75) is 26.3 Å². The molecule has 11 heavy (non-hydrogen) atoms. The van der Waals surface area contributed by atoms with Gasteiger partial charge in [0.2, 0.25) is 0 Å². The Morgan fingerprint density at radius 3 is 2.55 bits per heavy atom. The third-order valence-electron chi connectivity index (χ3n) is 1.47. The van der Waals surface area contributed by atoms with Gasteiger partial charge in [0.05, 0.1) is 13.2 Å². The maximum absolute atomic E-state index is 8.87. The van der Waals surface area contributed by atoms with Crippen LogP contribution < -0.4 is 5.32 Å². The van der Waals surface area contributed by atoms with E-state index in [4.69, 9.17) is 11.5 Å². The Hall–Kier alpha value is -0.520. The summed E-state index contributed by atoms with van der Waals surface area (Å²) >= 11 is 0. The van der Waals surface area contributed by atoms with Crippen LogP contribution in [-0.4, -0.2) is 24.3 Å². The van der Waals surface area contributed by atoms with Crippen LogP contribution in [0.15, 0.2) is 0 Å². The molecule has 0 aromatic rings. The largest absolute Gasteiger partial charge is 0.395 e. The topological polar surface area (TPSA) is 32.3 Å². The van der Waals surface area contributed by atoms with Gasteiger partial charge >= 0.3 is 0 Å². The van der Waals surface area contributed by atoms with Crippen molar-refractivity contribution in [1.29, 1.82) is 0 Å². The summed E-state index contributed by atoms with van der Waals surface area (Å²) < 4.78 is 0. The van der Waals surface area contributed by atoms with Gasteiger partial charge in [-0.05, 0) is 12.3 Å². The van der Waals surface area contributed by atoms with Crippen molar-refractivity contribution in [3.63, 3.8) is 0 Å². The molecule has 0 aliphatic carbocycles. The summed E-state index contributed by atoms with van der Waals surface area (Å²) in [6, 6.07) is 0.158. The molecular formula is C9H17NO. The smallest absolute Gasteiger partial charge is 0.0585 e. The standard InChI is InChI=1S/C9H17NO/c1-4-5-10-9(7-11)6-8(2)3/h1,8-11H,5-7H2,2-3H3. The molecule has 2 heteroatoms. The minimum atomic E-state index is 0.158. The lowest BCUT2D eigenvalue weighted by molar-refractivity contribution is 0.228. The zero-order valence-corrected chi connectivity index (χ0v) is 7.30. The lowest BCUT2D eigenvalue weighted by Crippen LogP contribution is -2.33. The third kappa shape index (κ3) is 5.90. The van der Waals surface area contributed by atoms with E-state index in [1.165, 1.54) is 0 Å². The second kappa shape index (κ2) is 6.21. The van der Waals surface area contributed by atoms with Crippen LogP contribution in [0.3, 0.4) is 0 Å². The monoisotopic (exact) mass is 155 g/mol. The summed E-state index contributed by atoms with van der Waals surface area (Å²) in [6.07, 6.45) is 6.04. The summed E-state index contributed by atoms with van der Waals surface area (Å²) in [7, 11) is 0. The van der Waals surface area contributed by atoms with Gasteiger partial charge in [-0.1, -0.05) is 19.8 Å². The first-order valence-electron chi connectivity index (χ1n) is 3.98. The molecule has 64 valence electrons. The summed E-state index contributed by atoms with van der Waals surface area (Å²) in [4.78, 5) is 0. The molecule has 0 saturated carbocycles. The Morgan fingerprint density at radius 1 is 1.55 bits per heavy atom. The molecular weight excluding hydrogens is 138 g/mol. The van der Waals surface area contributed by atoms with E-state index >= 15 is 0 Å². The lowest BCUT2D eigenvalue weighted by atomic mass is 10.0. The number of aliphatic hydroxyl groups is 1. The number of rotatable bonds is 5. The lowest BCUT2D eigenvalue weighted by Gasteiger charge is -2.16. The maximum Gasteiger partial charge on any atom is 0.0585 e. The van der Waals surface area contributed by atoms with Gasteiger partial charge in [-0.25, -0.2) is 0 Å². The molecule has 1 atom stereocenters. The van der Waals surface area contributed by atoms with Crippen molar-refractivity contribution < 1.29 is 5.11 Å². The second-order valence-corrected chi connectivity index (χ2v) is 3.09. The fraction of sp³-hybridized carbons (Fsp3) is 0.778. The van der Waals surface area contributed by atoms with Gasteiger partial charge in [-0.3, -0.25) is 0 Å². The van der Waals surface area contributed by atoms with Crippen molar-refractivity contribution in [1.82, 2.24) is 5.32 Å². The van der Waals surface area contributed by atoms with Crippen molar-refractivity contribution in [3.05, 3.63) is 0 Å². The second-order valence-electron chi connectivity index (χ2n) is 3.09. The van der Waals surface area contributed by atoms with E-state index in [0.29, 0.717) is 12.5 Å². The average Bonchev–Trinajstić information content (AvgIpc) is 1.97. The molecule has 0 saturated heterocycles. The van der Waals surface area contributed by atoms with Crippen LogP contribution in [0.25, 0.3) is 0 Å². The van der Waals surface area contributed by atoms with E-state index in [0.717, 1.165) is 6.42 Å². The van der Waals surface area contributed by atoms with Gasteiger partial charge in [0.1, 0.15) is 0 Å². The highest BCUT2D eigenvalue weighted by molar-refractivity contribution is 4.88. The van der Waals surface area contributed by atoms with Crippen LogP contribution in [0.1, 0.15) is 20.3 Å². The van der Waals surface area contributed by atoms with Gasteiger partial charge in [0, 0.05) is 6.04 Å². The Labute approximate surface area is 69.0 Å². The molecule has 2 N–H and O–H groups in total. The van der Waals surface area contributed by atoms with Gasteiger partial charge in [-0.2, -0.15) is 0 Å². The van der Waals surface area contributed by atoms with Crippen molar-refractivity contribution in [2.75, 3.05) is 13.2 Å². The highest BCUT2D eigenvalue weighted by Crippen LogP contribution is 2.03. The van der Waals surface area contributed by atoms with E-state index in [1.54, 1.807) is 0 Å². The number of aliphatic hydroxyl groups excluding tert-OH is 1. The Kier molecular flexibility index (Phi) is 5.91. The highest BCUT2D eigenvalue weighted by Gasteiger charge is 2.06. The van der Waals surface area contributed by atoms with E-state index in [1.807, 2.05) is 0 Å². The van der Waals surface area contributed by atoms with Crippen LogP contribution in [0, 0.1) is 18.3 Å². The molecule has 0 heterocycles. The summed E-state index contributed by atoms with van der Waals surface area (Å²) in [5.74, 6) is 3.08.